The number of amides is 1. The summed E-state index contributed by atoms with van der Waals surface area (Å²) in [6.45, 7) is 0. The van der Waals surface area contributed by atoms with Crippen LogP contribution in [0, 0.1) is 0 Å². The molecule has 1 amide bonds. The number of anilines is 1. The van der Waals surface area contributed by atoms with Crippen LogP contribution in [-0.2, 0) is 23.8 Å². The Hall–Kier alpha value is -2.29. The van der Waals surface area contributed by atoms with Crippen molar-refractivity contribution in [1.29, 1.82) is 0 Å². The fourth-order valence-corrected chi connectivity index (χ4v) is 3.71. The van der Waals surface area contributed by atoms with Gasteiger partial charge in [-0.05, 0) is 43.9 Å². The molecule has 2 aromatic rings. The predicted molar refractivity (Wildman–Crippen MR) is 92.3 cm³/mol. The van der Waals surface area contributed by atoms with E-state index < -0.39 is 23.3 Å². The number of benzene rings is 1. The van der Waals surface area contributed by atoms with Gasteiger partial charge in [0.15, 0.2) is 0 Å². The summed E-state index contributed by atoms with van der Waals surface area (Å²) < 4.78 is 38.1. The van der Waals surface area contributed by atoms with Crippen molar-refractivity contribution in [3.8, 4) is 0 Å². The van der Waals surface area contributed by atoms with Crippen LogP contribution in [0.15, 0.2) is 34.1 Å². The van der Waals surface area contributed by atoms with Gasteiger partial charge in [0.1, 0.15) is 5.03 Å². The lowest BCUT2D eigenvalue weighted by Crippen LogP contribution is -2.21. The van der Waals surface area contributed by atoms with Crippen LogP contribution in [0.1, 0.15) is 29.7 Å². The number of hydrogen-bond acceptors (Lipinski definition) is 4. The molecule has 0 radical (unpaired) electrons. The molecule has 26 heavy (non-hydrogen) atoms. The number of halogens is 3. The molecule has 3 rings (SSSR count). The van der Waals surface area contributed by atoms with E-state index in [-0.39, 0.29) is 11.4 Å². The second kappa shape index (κ2) is 7.53. The Labute approximate surface area is 151 Å². The van der Waals surface area contributed by atoms with E-state index in [4.69, 9.17) is 0 Å². The highest BCUT2D eigenvalue weighted by atomic mass is 32.2. The van der Waals surface area contributed by atoms with Gasteiger partial charge in [0, 0.05) is 16.9 Å². The molecule has 2 N–H and O–H groups in total. The highest BCUT2D eigenvalue weighted by molar-refractivity contribution is 8.00. The average Bonchev–Trinajstić information content (AvgIpc) is 2.59. The van der Waals surface area contributed by atoms with Gasteiger partial charge in [0.25, 0.3) is 0 Å². The molecule has 5 nitrogen and oxygen atoms in total. The maximum atomic E-state index is 12.7. The van der Waals surface area contributed by atoms with Crippen LogP contribution in [0.5, 0.6) is 0 Å². The van der Waals surface area contributed by atoms with Gasteiger partial charge in [-0.3, -0.25) is 4.79 Å². The first kappa shape index (κ1) is 18.5. The van der Waals surface area contributed by atoms with E-state index in [9.17, 15) is 22.8 Å². The Morgan fingerprint density at radius 1 is 1.27 bits per heavy atom. The number of carbonyl (C=O) groups excluding carboxylic acids is 1. The summed E-state index contributed by atoms with van der Waals surface area (Å²) in [6.07, 6.45) is -0.922. The van der Waals surface area contributed by atoms with Crippen molar-refractivity contribution in [3.63, 3.8) is 0 Å². The van der Waals surface area contributed by atoms with Crippen LogP contribution in [0.3, 0.4) is 0 Å². The fraction of sp³-hybridized carbons (Fsp3) is 0.353. The van der Waals surface area contributed by atoms with Crippen molar-refractivity contribution < 1.29 is 18.0 Å². The van der Waals surface area contributed by atoms with Crippen LogP contribution in [0.25, 0.3) is 0 Å². The fourth-order valence-electron chi connectivity index (χ4n) is 2.82. The first-order valence-corrected chi connectivity index (χ1v) is 9.03. The third-order valence-corrected chi connectivity index (χ3v) is 5.02. The molecule has 0 atom stereocenters. The second-order valence-corrected chi connectivity index (χ2v) is 6.89. The van der Waals surface area contributed by atoms with Crippen LogP contribution < -0.4 is 11.0 Å². The van der Waals surface area contributed by atoms with Gasteiger partial charge in [-0.25, -0.2) is 4.79 Å². The maximum Gasteiger partial charge on any atom is 0.416 e. The number of carbonyl (C=O) groups is 1. The first-order chi connectivity index (χ1) is 12.3. The number of aromatic amines is 1. The van der Waals surface area contributed by atoms with E-state index in [0.29, 0.717) is 5.03 Å². The van der Waals surface area contributed by atoms with E-state index in [2.05, 4.69) is 15.3 Å². The van der Waals surface area contributed by atoms with Crippen molar-refractivity contribution in [1.82, 2.24) is 9.97 Å². The highest BCUT2D eigenvalue weighted by Crippen LogP contribution is 2.31. The maximum absolute atomic E-state index is 12.7. The quantitative estimate of drug-likeness (QED) is 0.627. The number of fused-ring (bicyclic) bond motifs is 1. The average molecular weight is 383 g/mol. The molecule has 0 bridgehead atoms. The molecule has 1 heterocycles. The number of hydrogen-bond donors (Lipinski definition) is 2. The molecule has 0 aliphatic heterocycles. The summed E-state index contributed by atoms with van der Waals surface area (Å²) in [5.41, 5.74) is 0.607. The largest absolute Gasteiger partial charge is 0.416 e. The molecule has 1 aliphatic rings. The molecule has 1 aromatic carbocycles. The summed E-state index contributed by atoms with van der Waals surface area (Å²) in [4.78, 5) is 30.4. The van der Waals surface area contributed by atoms with Crippen molar-refractivity contribution in [2.24, 2.45) is 0 Å². The zero-order chi connectivity index (χ0) is 18.7. The molecule has 0 saturated carbocycles. The minimum Gasteiger partial charge on any atom is -0.325 e. The number of H-pyrrole nitrogens is 1. The SMILES string of the molecule is O=C(CSc1nc(=O)[nH]c2c1CCCC2)Nc1cccc(C(F)(F)F)c1. The molecule has 0 unspecified atom stereocenters. The number of thioether (sulfide) groups is 1. The third kappa shape index (κ3) is 4.46. The van der Waals surface area contributed by atoms with E-state index in [1.54, 1.807) is 0 Å². The Morgan fingerprint density at radius 3 is 2.81 bits per heavy atom. The zero-order valence-electron chi connectivity index (χ0n) is 13.7. The molecular formula is C17H16F3N3O2S. The van der Waals surface area contributed by atoms with Crippen LogP contribution in [0.2, 0.25) is 0 Å². The lowest BCUT2D eigenvalue weighted by molar-refractivity contribution is -0.137. The van der Waals surface area contributed by atoms with E-state index >= 15 is 0 Å². The van der Waals surface area contributed by atoms with E-state index in [1.807, 2.05) is 0 Å². The summed E-state index contributed by atoms with van der Waals surface area (Å²) in [5.74, 6) is -0.500. The van der Waals surface area contributed by atoms with E-state index in [0.717, 1.165) is 60.8 Å². The summed E-state index contributed by atoms with van der Waals surface area (Å²) in [6, 6.07) is 4.46. The Balaban J connectivity index is 1.67. The van der Waals surface area contributed by atoms with E-state index in [1.165, 1.54) is 12.1 Å². The molecule has 1 aromatic heterocycles. The number of nitrogens with zero attached hydrogens (tertiary/aromatic N) is 1. The Bertz CT molecular complexity index is 880. The molecule has 0 saturated heterocycles. The summed E-state index contributed by atoms with van der Waals surface area (Å²) in [7, 11) is 0. The van der Waals surface area contributed by atoms with Gasteiger partial charge < -0.3 is 10.3 Å². The molecule has 138 valence electrons. The Morgan fingerprint density at radius 2 is 2.04 bits per heavy atom. The van der Waals surface area contributed by atoms with Gasteiger partial charge in [-0.1, -0.05) is 17.8 Å². The topological polar surface area (TPSA) is 74.8 Å². The Kier molecular flexibility index (Phi) is 5.36. The molecule has 0 fully saturated rings. The van der Waals surface area contributed by atoms with Crippen LogP contribution in [-0.4, -0.2) is 21.6 Å². The monoisotopic (exact) mass is 383 g/mol. The zero-order valence-corrected chi connectivity index (χ0v) is 14.5. The second-order valence-electron chi connectivity index (χ2n) is 5.93. The minimum absolute atomic E-state index is 0.0425. The van der Waals surface area contributed by atoms with Gasteiger partial charge in [-0.2, -0.15) is 18.2 Å². The number of alkyl halides is 3. The van der Waals surface area contributed by atoms with Crippen molar-refractivity contribution in [3.05, 3.63) is 51.6 Å². The first-order valence-electron chi connectivity index (χ1n) is 8.05. The highest BCUT2D eigenvalue weighted by Gasteiger charge is 2.30. The van der Waals surface area contributed by atoms with Gasteiger partial charge in [0.2, 0.25) is 5.91 Å². The van der Waals surface area contributed by atoms with Crippen LogP contribution >= 0.6 is 11.8 Å². The summed E-state index contributed by atoms with van der Waals surface area (Å²) >= 11 is 1.12. The molecular weight excluding hydrogens is 367 g/mol. The summed E-state index contributed by atoms with van der Waals surface area (Å²) in [5, 5.41) is 2.96. The normalized spacial score (nSPS) is 14.0. The van der Waals surface area contributed by atoms with Gasteiger partial charge in [-0.15, -0.1) is 0 Å². The smallest absolute Gasteiger partial charge is 0.325 e. The molecule has 0 spiro atoms. The third-order valence-electron chi connectivity index (χ3n) is 4.00. The van der Waals surface area contributed by atoms with Crippen molar-refractivity contribution in [2.45, 2.75) is 36.9 Å². The number of rotatable bonds is 4. The standard InChI is InChI=1S/C17H16F3N3O2S/c18-17(19,20)10-4-3-5-11(8-10)21-14(24)9-26-15-12-6-1-2-7-13(12)22-16(25)23-15/h3-5,8H,1-2,6-7,9H2,(H,21,24)(H,22,23,25). The van der Waals surface area contributed by atoms with Crippen molar-refractivity contribution >= 4 is 23.4 Å². The lowest BCUT2D eigenvalue weighted by atomic mass is 9.98. The number of aromatic nitrogens is 2. The minimum atomic E-state index is -4.47. The van der Waals surface area contributed by atoms with Crippen LogP contribution in [0.4, 0.5) is 18.9 Å². The predicted octanol–water partition coefficient (Wildman–Crippen LogP) is 3.40. The number of aryl methyl sites for hydroxylation is 1. The molecule has 1 aliphatic carbocycles. The lowest BCUT2D eigenvalue weighted by Gasteiger charge is -2.17. The molecule has 9 heteroatoms. The van der Waals surface area contributed by atoms with Crippen molar-refractivity contribution in [2.75, 3.05) is 11.1 Å². The number of nitrogens with one attached hydrogen (secondary N) is 2. The van der Waals surface area contributed by atoms with Gasteiger partial charge >= 0.3 is 11.9 Å². The van der Waals surface area contributed by atoms with Gasteiger partial charge in [0.05, 0.1) is 11.3 Å².